The van der Waals surface area contributed by atoms with Crippen LogP contribution in [0.3, 0.4) is 0 Å². The van der Waals surface area contributed by atoms with Gasteiger partial charge in [0.15, 0.2) is 5.78 Å². The van der Waals surface area contributed by atoms with Gasteiger partial charge in [-0.05, 0) is 109 Å². The number of hydrogen-bond donors (Lipinski definition) is 0. The van der Waals surface area contributed by atoms with Crippen molar-refractivity contribution in [3.8, 4) is 21.8 Å². The van der Waals surface area contributed by atoms with E-state index in [4.69, 9.17) is 31.4 Å². The molecule has 1 aliphatic rings. The number of aromatic nitrogens is 4. The predicted octanol–water partition coefficient (Wildman–Crippen LogP) is 8.05. The molecule has 0 unspecified atom stereocenters. The summed E-state index contributed by atoms with van der Waals surface area (Å²) in [7, 11) is 2.17. The van der Waals surface area contributed by atoms with Gasteiger partial charge in [0.1, 0.15) is 16.6 Å². The highest BCUT2D eigenvalue weighted by Crippen LogP contribution is 2.44. The number of carbonyl (C=O) groups is 1. The monoisotopic (exact) mass is 601 g/mol. The van der Waals surface area contributed by atoms with Crippen molar-refractivity contribution < 1.29 is 9.53 Å². The topological polar surface area (TPSA) is 73.1 Å². The molecule has 1 aliphatic heterocycles. The van der Waals surface area contributed by atoms with Crippen LogP contribution in [0, 0.1) is 6.92 Å². The first-order valence-corrected chi connectivity index (χ1v) is 15.6. The summed E-state index contributed by atoms with van der Waals surface area (Å²) in [5.41, 5.74) is 6.82. The van der Waals surface area contributed by atoms with Crippen LogP contribution in [0.4, 0.5) is 0 Å². The van der Waals surface area contributed by atoms with Crippen LogP contribution in [-0.4, -0.2) is 56.2 Å². The number of fused-ring (bicyclic) bond motifs is 2. The molecular weight excluding hydrogens is 566 g/mol. The molecule has 42 heavy (non-hydrogen) atoms. The van der Waals surface area contributed by atoms with Crippen molar-refractivity contribution in [2.24, 2.45) is 0 Å². The Morgan fingerprint density at radius 3 is 2.45 bits per heavy atom. The fourth-order valence-electron chi connectivity index (χ4n) is 5.85. The minimum Gasteiger partial charge on any atom is -0.360 e. The van der Waals surface area contributed by atoms with Crippen molar-refractivity contribution in [3.63, 3.8) is 0 Å². The van der Waals surface area contributed by atoms with Gasteiger partial charge < -0.3 is 9.64 Å². The van der Waals surface area contributed by atoms with Gasteiger partial charge in [-0.3, -0.25) is 9.48 Å². The number of aryl methyl sites for hydroxylation is 1. The molecule has 1 saturated heterocycles. The Bertz CT molecular complexity index is 1780. The summed E-state index contributed by atoms with van der Waals surface area (Å²) < 4.78 is 9.51. The van der Waals surface area contributed by atoms with Gasteiger partial charge in [-0.25, -0.2) is 9.97 Å². The first kappa shape index (κ1) is 28.9. The van der Waals surface area contributed by atoms with Crippen molar-refractivity contribution in [2.45, 2.75) is 65.2 Å². The maximum atomic E-state index is 13.1. The summed E-state index contributed by atoms with van der Waals surface area (Å²) in [6.07, 6.45) is 3.32. The number of ketones is 1. The van der Waals surface area contributed by atoms with Gasteiger partial charge in [0.25, 0.3) is 0 Å². The number of piperidine rings is 1. The van der Waals surface area contributed by atoms with Crippen LogP contribution in [-0.2, 0) is 9.53 Å². The molecule has 2 aromatic carbocycles. The van der Waals surface area contributed by atoms with E-state index >= 15 is 0 Å². The third-order valence-corrected chi connectivity index (χ3v) is 9.23. The molecular formula is C33H36ClN5O2S. The molecule has 218 valence electrons. The lowest BCUT2D eigenvalue weighted by atomic mass is 9.90. The lowest BCUT2D eigenvalue weighted by Crippen LogP contribution is -2.31. The minimum atomic E-state index is -0.717. The first-order valence-electron chi connectivity index (χ1n) is 14.4. The van der Waals surface area contributed by atoms with E-state index in [2.05, 4.69) is 28.8 Å². The first-order chi connectivity index (χ1) is 20.0. The molecule has 0 N–H and O–H groups in total. The molecule has 1 atom stereocenters. The molecule has 5 aromatic rings. The molecule has 1 fully saturated rings. The zero-order valence-corrected chi connectivity index (χ0v) is 26.5. The van der Waals surface area contributed by atoms with Crippen LogP contribution in [0.15, 0.2) is 48.7 Å². The minimum absolute atomic E-state index is 0.0407. The standard InChI is InChI=1S/C33H36ClN5O2S/c1-19-17-25-31(29(21-7-9-22(34)10-8-21)28(19)30(20(2)40)41-33(3,4)5)42-32(37-25)24-11-12-27-26(36-24)18-35-39(27)23-13-15-38(6)16-14-23/h7-12,17-18,23,30H,13-16H2,1-6H3/t30-/m1/s1. The van der Waals surface area contributed by atoms with E-state index in [1.807, 2.05) is 64.2 Å². The molecule has 6 rings (SSSR count). The molecule has 0 radical (unpaired) electrons. The second kappa shape index (κ2) is 11.2. The molecule has 0 bridgehead atoms. The summed E-state index contributed by atoms with van der Waals surface area (Å²) in [5, 5.41) is 6.21. The molecule has 9 heteroatoms. The number of Topliss-reactive ketones (excluding diaryl/α,β-unsaturated/α-hetero) is 1. The Morgan fingerprint density at radius 1 is 1.07 bits per heavy atom. The maximum Gasteiger partial charge on any atom is 0.163 e. The normalized spacial score (nSPS) is 16.0. The third kappa shape index (κ3) is 5.61. The number of pyridine rings is 1. The zero-order valence-electron chi connectivity index (χ0n) is 24.9. The van der Waals surface area contributed by atoms with E-state index in [0.717, 1.165) is 80.1 Å². The Kier molecular flexibility index (Phi) is 7.68. The number of carbonyl (C=O) groups excluding carboxylic acids is 1. The Hall–Kier alpha value is -3.17. The number of nitrogens with zero attached hydrogens (tertiary/aromatic N) is 5. The summed E-state index contributed by atoms with van der Waals surface area (Å²) >= 11 is 7.86. The largest absolute Gasteiger partial charge is 0.360 e. The van der Waals surface area contributed by atoms with Crippen LogP contribution in [0.2, 0.25) is 5.02 Å². The summed E-state index contributed by atoms with van der Waals surface area (Å²) in [5.74, 6) is -0.0407. The van der Waals surface area contributed by atoms with Gasteiger partial charge in [-0.1, -0.05) is 23.7 Å². The Balaban J connectivity index is 1.48. The Morgan fingerprint density at radius 2 is 1.79 bits per heavy atom. The average Bonchev–Trinajstić information content (AvgIpc) is 3.55. The molecule has 0 amide bonds. The van der Waals surface area contributed by atoms with Crippen LogP contribution >= 0.6 is 22.9 Å². The Labute approximate surface area is 255 Å². The predicted molar refractivity (Wildman–Crippen MR) is 171 cm³/mol. The fraction of sp³-hybridized carbons (Fsp3) is 0.394. The SMILES string of the molecule is CC(=O)[C@@H](OC(C)(C)C)c1c(C)cc2nc(-c3ccc4c(cnn4C4CCN(C)CC4)n3)sc2c1-c1ccc(Cl)cc1. The highest BCUT2D eigenvalue weighted by molar-refractivity contribution is 7.22. The lowest BCUT2D eigenvalue weighted by Gasteiger charge is -2.29. The van der Waals surface area contributed by atoms with Gasteiger partial charge in [0, 0.05) is 16.1 Å². The summed E-state index contributed by atoms with van der Waals surface area (Å²) in [4.78, 5) is 25.5. The lowest BCUT2D eigenvalue weighted by molar-refractivity contribution is -0.138. The van der Waals surface area contributed by atoms with Crippen molar-refractivity contribution >= 4 is 50.0 Å². The molecule has 0 saturated carbocycles. The van der Waals surface area contributed by atoms with E-state index in [9.17, 15) is 4.79 Å². The summed E-state index contributed by atoms with van der Waals surface area (Å²) in [6, 6.07) is 14.4. The molecule has 3 aromatic heterocycles. The summed E-state index contributed by atoms with van der Waals surface area (Å²) in [6.45, 7) is 11.7. The smallest absolute Gasteiger partial charge is 0.163 e. The second-order valence-electron chi connectivity index (χ2n) is 12.3. The van der Waals surface area contributed by atoms with E-state index in [1.54, 1.807) is 18.3 Å². The van der Waals surface area contributed by atoms with Crippen molar-refractivity contribution in [1.82, 2.24) is 24.6 Å². The van der Waals surface area contributed by atoms with Crippen LogP contribution in [0.5, 0.6) is 0 Å². The van der Waals surface area contributed by atoms with Crippen LogP contribution in [0.25, 0.3) is 43.1 Å². The number of hydrogen-bond acceptors (Lipinski definition) is 7. The molecule has 4 heterocycles. The van der Waals surface area contributed by atoms with Gasteiger partial charge in [-0.2, -0.15) is 5.10 Å². The van der Waals surface area contributed by atoms with Crippen molar-refractivity contribution in [1.29, 1.82) is 0 Å². The van der Waals surface area contributed by atoms with E-state index < -0.39 is 11.7 Å². The number of halogens is 1. The van der Waals surface area contributed by atoms with Gasteiger partial charge in [0.05, 0.1) is 39.3 Å². The van der Waals surface area contributed by atoms with E-state index in [-0.39, 0.29) is 5.78 Å². The third-order valence-electron chi connectivity index (χ3n) is 7.87. The maximum absolute atomic E-state index is 13.1. The van der Waals surface area contributed by atoms with Gasteiger partial charge in [-0.15, -0.1) is 11.3 Å². The molecule has 7 nitrogen and oxygen atoms in total. The fourth-order valence-corrected chi connectivity index (χ4v) is 7.07. The molecule has 0 spiro atoms. The number of ether oxygens (including phenoxy) is 1. The highest BCUT2D eigenvalue weighted by atomic mass is 35.5. The highest BCUT2D eigenvalue weighted by Gasteiger charge is 2.30. The molecule has 0 aliphatic carbocycles. The van der Waals surface area contributed by atoms with Gasteiger partial charge >= 0.3 is 0 Å². The van der Waals surface area contributed by atoms with E-state index in [0.29, 0.717) is 11.1 Å². The van der Waals surface area contributed by atoms with Crippen LogP contribution in [0.1, 0.15) is 63.8 Å². The van der Waals surface area contributed by atoms with Crippen molar-refractivity contribution in [2.75, 3.05) is 20.1 Å². The quantitative estimate of drug-likeness (QED) is 0.196. The van der Waals surface area contributed by atoms with Crippen molar-refractivity contribution in [3.05, 3.63) is 64.8 Å². The van der Waals surface area contributed by atoms with E-state index in [1.165, 1.54) is 0 Å². The van der Waals surface area contributed by atoms with Gasteiger partial charge in [0.2, 0.25) is 0 Å². The second-order valence-corrected chi connectivity index (χ2v) is 13.7. The number of thiazole rings is 1. The van der Waals surface area contributed by atoms with Crippen LogP contribution < -0.4 is 0 Å². The number of rotatable bonds is 6. The average molecular weight is 602 g/mol. The zero-order chi connectivity index (χ0) is 29.8. The number of benzene rings is 2. The number of likely N-dealkylation sites (tertiary alicyclic amines) is 1.